The second kappa shape index (κ2) is 8.68. The molecule has 3 N–H and O–H groups in total. The van der Waals surface area contributed by atoms with Crippen molar-refractivity contribution in [3.8, 4) is 0 Å². The topological polar surface area (TPSA) is 110 Å². The SMILES string of the molecule is CCCS(=O)(=O)Nc1cccc(C(=O)N(C)Cc2cccc(C(N)=O)c2)c1. The second-order valence-electron chi connectivity index (χ2n) is 6.23. The van der Waals surface area contributed by atoms with Crippen LogP contribution >= 0.6 is 0 Å². The third-order valence-corrected chi connectivity index (χ3v) is 5.33. The Morgan fingerprint density at radius 2 is 1.74 bits per heavy atom. The Morgan fingerprint density at radius 3 is 2.41 bits per heavy atom. The average molecular weight is 389 g/mol. The van der Waals surface area contributed by atoms with Gasteiger partial charge in [-0.3, -0.25) is 14.3 Å². The lowest BCUT2D eigenvalue weighted by atomic mass is 10.1. The summed E-state index contributed by atoms with van der Waals surface area (Å²) < 4.78 is 26.3. The van der Waals surface area contributed by atoms with Gasteiger partial charge in [0.15, 0.2) is 0 Å². The van der Waals surface area contributed by atoms with E-state index in [1.54, 1.807) is 56.4 Å². The lowest BCUT2D eigenvalue weighted by molar-refractivity contribution is 0.0785. The third kappa shape index (κ3) is 5.82. The quantitative estimate of drug-likeness (QED) is 0.721. The number of sulfonamides is 1. The summed E-state index contributed by atoms with van der Waals surface area (Å²) in [5.74, 6) is -0.782. The monoisotopic (exact) mass is 389 g/mol. The van der Waals surface area contributed by atoms with Crippen molar-refractivity contribution in [2.24, 2.45) is 5.73 Å². The molecule has 0 atom stereocenters. The van der Waals surface area contributed by atoms with Crippen molar-refractivity contribution < 1.29 is 18.0 Å². The molecular formula is C19H23N3O4S. The zero-order chi connectivity index (χ0) is 20.0. The highest BCUT2D eigenvalue weighted by Crippen LogP contribution is 2.16. The molecule has 0 aliphatic rings. The van der Waals surface area contributed by atoms with Gasteiger partial charge >= 0.3 is 0 Å². The van der Waals surface area contributed by atoms with Crippen molar-refractivity contribution in [1.82, 2.24) is 4.90 Å². The predicted octanol–water partition coefficient (Wildman–Crippen LogP) is 2.21. The minimum Gasteiger partial charge on any atom is -0.366 e. The summed E-state index contributed by atoms with van der Waals surface area (Å²) in [6.07, 6.45) is 0.501. The first-order valence-corrected chi connectivity index (χ1v) is 10.1. The number of hydrogen-bond acceptors (Lipinski definition) is 4. The van der Waals surface area contributed by atoms with Crippen LogP contribution in [0, 0.1) is 0 Å². The highest BCUT2D eigenvalue weighted by molar-refractivity contribution is 7.92. The molecule has 27 heavy (non-hydrogen) atoms. The molecule has 144 valence electrons. The van der Waals surface area contributed by atoms with E-state index in [1.807, 2.05) is 0 Å². The van der Waals surface area contributed by atoms with Gasteiger partial charge in [-0.25, -0.2) is 8.42 Å². The minimum absolute atomic E-state index is 0.0152. The lowest BCUT2D eigenvalue weighted by Crippen LogP contribution is -2.26. The Hall–Kier alpha value is -2.87. The van der Waals surface area contributed by atoms with Crippen LogP contribution in [-0.2, 0) is 16.6 Å². The Labute approximate surface area is 159 Å². The third-order valence-electron chi connectivity index (χ3n) is 3.83. The first kappa shape index (κ1) is 20.4. The van der Waals surface area contributed by atoms with Gasteiger partial charge < -0.3 is 10.6 Å². The molecule has 2 amide bonds. The molecule has 0 spiro atoms. The summed E-state index contributed by atoms with van der Waals surface area (Å²) in [6, 6.07) is 13.1. The largest absolute Gasteiger partial charge is 0.366 e. The van der Waals surface area contributed by atoms with Crippen molar-refractivity contribution in [3.63, 3.8) is 0 Å². The molecule has 0 aliphatic heterocycles. The second-order valence-corrected chi connectivity index (χ2v) is 8.07. The summed E-state index contributed by atoms with van der Waals surface area (Å²) in [4.78, 5) is 25.4. The zero-order valence-corrected chi connectivity index (χ0v) is 16.1. The summed E-state index contributed by atoms with van der Waals surface area (Å²) in [6.45, 7) is 2.06. The van der Waals surface area contributed by atoms with Gasteiger partial charge in [-0.1, -0.05) is 25.1 Å². The number of rotatable bonds is 8. The predicted molar refractivity (Wildman–Crippen MR) is 105 cm³/mol. The molecule has 0 radical (unpaired) electrons. The van der Waals surface area contributed by atoms with Gasteiger partial charge in [-0.15, -0.1) is 0 Å². The van der Waals surface area contributed by atoms with Gasteiger partial charge in [-0.05, 0) is 42.3 Å². The first-order valence-electron chi connectivity index (χ1n) is 8.46. The molecule has 0 saturated carbocycles. The standard InChI is InChI=1S/C19H23N3O4S/c1-3-10-27(25,26)21-17-9-5-8-16(12-17)19(24)22(2)13-14-6-4-7-15(11-14)18(20)23/h4-9,11-12,21H,3,10,13H2,1-2H3,(H2,20,23). The Balaban J connectivity index is 2.14. The van der Waals surface area contributed by atoms with Gasteiger partial charge in [-0.2, -0.15) is 0 Å². The number of nitrogens with one attached hydrogen (secondary N) is 1. The van der Waals surface area contributed by atoms with Crippen LogP contribution in [0.25, 0.3) is 0 Å². The average Bonchev–Trinajstić information content (AvgIpc) is 2.61. The molecule has 0 bridgehead atoms. The van der Waals surface area contributed by atoms with Gasteiger partial charge in [0.05, 0.1) is 5.75 Å². The number of benzene rings is 2. The first-order chi connectivity index (χ1) is 12.7. The van der Waals surface area contributed by atoms with E-state index >= 15 is 0 Å². The summed E-state index contributed by atoms with van der Waals surface area (Å²) in [7, 11) is -1.80. The van der Waals surface area contributed by atoms with Crippen LogP contribution in [0.2, 0.25) is 0 Å². The maximum atomic E-state index is 12.7. The summed E-state index contributed by atoms with van der Waals surface area (Å²) in [5, 5.41) is 0. The molecule has 8 heteroatoms. The van der Waals surface area contributed by atoms with E-state index in [9.17, 15) is 18.0 Å². The number of nitrogens with two attached hydrogens (primary N) is 1. The van der Waals surface area contributed by atoms with Crippen LogP contribution in [0.4, 0.5) is 5.69 Å². The fourth-order valence-electron chi connectivity index (χ4n) is 2.60. The van der Waals surface area contributed by atoms with Crippen molar-refractivity contribution in [2.75, 3.05) is 17.5 Å². The van der Waals surface area contributed by atoms with Crippen molar-refractivity contribution in [2.45, 2.75) is 19.9 Å². The lowest BCUT2D eigenvalue weighted by Gasteiger charge is -2.18. The number of nitrogens with zero attached hydrogens (tertiary/aromatic N) is 1. The molecule has 0 aromatic heterocycles. The van der Waals surface area contributed by atoms with E-state index in [1.165, 1.54) is 11.0 Å². The van der Waals surface area contributed by atoms with E-state index in [0.717, 1.165) is 5.56 Å². The number of anilines is 1. The normalized spacial score (nSPS) is 11.0. The van der Waals surface area contributed by atoms with Crippen LogP contribution in [0.3, 0.4) is 0 Å². The molecule has 0 aliphatic carbocycles. The zero-order valence-electron chi connectivity index (χ0n) is 15.3. The van der Waals surface area contributed by atoms with E-state index in [0.29, 0.717) is 23.2 Å². The maximum Gasteiger partial charge on any atom is 0.253 e. The van der Waals surface area contributed by atoms with Gasteiger partial charge in [0, 0.05) is 30.4 Å². The fourth-order valence-corrected chi connectivity index (χ4v) is 3.73. The molecule has 0 heterocycles. The van der Waals surface area contributed by atoms with Crippen LogP contribution in [0.5, 0.6) is 0 Å². The number of carbonyl (C=O) groups excluding carboxylic acids is 2. The highest BCUT2D eigenvalue weighted by atomic mass is 32.2. The maximum absolute atomic E-state index is 12.7. The van der Waals surface area contributed by atoms with E-state index in [-0.39, 0.29) is 18.2 Å². The molecule has 2 aromatic rings. The van der Waals surface area contributed by atoms with Gasteiger partial charge in [0.2, 0.25) is 15.9 Å². The molecule has 2 aromatic carbocycles. The molecule has 0 saturated heterocycles. The molecule has 7 nitrogen and oxygen atoms in total. The number of amides is 2. The number of primary amides is 1. The Morgan fingerprint density at radius 1 is 1.07 bits per heavy atom. The van der Waals surface area contributed by atoms with Crippen LogP contribution in [0.15, 0.2) is 48.5 Å². The van der Waals surface area contributed by atoms with Crippen LogP contribution in [-0.4, -0.2) is 37.9 Å². The molecular weight excluding hydrogens is 366 g/mol. The smallest absolute Gasteiger partial charge is 0.253 e. The van der Waals surface area contributed by atoms with Crippen LogP contribution in [0.1, 0.15) is 39.6 Å². The van der Waals surface area contributed by atoms with Crippen molar-refractivity contribution >= 4 is 27.5 Å². The number of hydrogen-bond donors (Lipinski definition) is 2. The number of carbonyl (C=O) groups is 2. The molecule has 0 unspecified atom stereocenters. The van der Waals surface area contributed by atoms with Gasteiger partial charge in [0.1, 0.15) is 0 Å². The van der Waals surface area contributed by atoms with Crippen LogP contribution < -0.4 is 10.5 Å². The minimum atomic E-state index is -3.43. The Bertz CT molecular complexity index is 941. The summed E-state index contributed by atoms with van der Waals surface area (Å²) >= 11 is 0. The van der Waals surface area contributed by atoms with Crippen molar-refractivity contribution in [3.05, 3.63) is 65.2 Å². The van der Waals surface area contributed by atoms with E-state index < -0.39 is 15.9 Å². The highest BCUT2D eigenvalue weighted by Gasteiger charge is 2.15. The van der Waals surface area contributed by atoms with E-state index in [4.69, 9.17) is 5.73 Å². The van der Waals surface area contributed by atoms with Gasteiger partial charge in [0.25, 0.3) is 5.91 Å². The fraction of sp³-hybridized carbons (Fsp3) is 0.263. The van der Waals surface area contributed by atoms with Crippen molar-refractivity contribution in [1.29, 1.82) is 0 Å². The van der Waals surface area contributed by atoms with E-state index in [2.05, 4.69) is 4.72 Å². The molecule has 2 rings (SSSR count). The summed E-state index contributed by atoms with van der Waals surface area (Å²) in [5.41, 5.74) is 7.13. The molecule has 0 fully saturated rings. The Kier molecular flexibility index (Phi) is 6.57.